The third-order valence-corrected chi connectivity index (χ3v) is 3.16. The smallest absolute Gasteiger partial charge is 0.159 e. The Hall–Kier alpha value is -1.00. The van der Waals surface area contributed by atoms with Crippen LogP contribution in [0, 0.1) is 11.6 Å². The molecule has 0 unspecified atom stereocenters. The molecule has 1 fully saturated rings. The topological polar surface area (TPSA) is 24.1 Å². The highest BCUT2D eigenvalue weighted by atomic mass is 19.2. The Kier molecular flexibility index (Phi) is 3.51. The molecule has 1 aromatic rings. The summed E-state index contributed by atoms with van der Waals surface area (Å²) >= 11 is 0. The van der Waals surface area contributed by atoms with E-state index in [1.807, 2.05) is 7.05 Å². The maximum atomic E-state index is 13.1. The van der Waals surface area contributed by atoms with Crippen molar-refractivity contribution in [3.8, 4) is 0 Å². The average Bonchev–Trinajstić information content (AvgIpc) is 2.33. The Morgan fingerprint density at radius 3 is 2.81 bits per heavy atom. The number of rotatable bonds is 2. The monoisotopic (exact) mass is 226 g/mol. The lowest BCUT2D eigenvalue weighted by Crippen LogP contribution is -2.40. The first-order chi connectivity index (χ1) is 7.70. The van der Waals surface area contributed by atoms with Crippen molar-refractivity contribution in [3.05, 3.63) is 35.4 Å². The summed E-state index contributed by atoms with van der Waals surface area (Å²) in [4.78, 5) is 0. The number of halogens is 2. The normalized spacial score (nSPS) is 25.7. The molecule has 1 aliphatic heterocycles. The van der Waals surface area contributed by atoms with Gasteiger partial charge >= 0.3 is 0 Å². The van der Waals surface area contributed by atoms with Gasteiger partial charge in [0.05, 0.1) is 0 Å². The second kappa shape index (κ2) is 4.89. The number of benzene rings is 1. The van der Waals surface area contributed by atoms with Crippen LogP contribution in [0.2, 0.25) is 0 Å². The van der Waals surface area contributed by atoms with E-state index in [4.69, 9.17) is 0 Å². The summed E-state index contributed by atoms with van der Waals surface area (Å²) in [6.07, 6.45) is 1.97. The van der Waals surface area contributed by atoms with Crippen molar-refractivity contribution >= 4 is 0 Å². The third-order valence-electron chi connectivity index (χ3n) is 3.16. The molecule has 0 saturated carbocycles. The standard InChI is InChI=1S/C12H16F2N2/c1-15-9-4-5-16-12(7-9)8-2-3-10(13)11(14)6-8/h2-3,6,9,12,15-16H,4-5,7H2,1H3/t9-,12+/m1/s1. The van der Waals surface area contributed by atoms with E-state index in [0.29, 0.717) is 6.04 Å². The van der Waals surface area contributed by atoms with Crippen LogP contribution in [-0.4, -0.2) is 19.6 Å². The van der Waals surface area contributed by atoms with E-state index in [0.717, 1.165) is 24.9 Å². The zero-order valence-corrected chi connectivity index (χ0v) is 9.26. The molecule has 1 heterocycles. The van der Waals surface area contributed by atoms with Crippen molar-refractivity contribution < 1.29 is 8.78 Å². The number of nitrogens with one attached hydrogen (secondary N) is 2. The second-order valence-electron chi connectivity index (χ2n) is 4.19. The molecule has 0 bridgehead atoms. The minimum absolute atomic E-state index is 0.112. The molecule has 0 radical (unpaired) electrons. The van der Waals surface area contributed by atoms with Crippen LogP contribution >= 0.6 is 0 Å². The van der Waals surface area contributed by atoms with E-state index in [1.54, 1.807) is 6.07 Å². The van der Waals surface area contributed by atoms with Gasteiger partial charge in [-0.15, -0.1) is 0 Å². The lowest BCUT2D eigenvalue weighted by atomic mass is 9.94. The summed E-state index contributed by atoms with van der Waals surface area (Å²) < 4.78 is 25.9. The van der Waals surface area contributed by atoms with E-state index in [9.17, 15) is 8.78 Å². The molecule has 1 saturated heterocycles. The quantitative estimate of drug-likeness (QED) is 0.805. The summed E-state index contributed by atoms with van der Waals surface area (Å²) in [5, 5.41) is 6.54. The van der Waals surface area contributed by atoms with Crippen LogP contribution < -0.4 is 10.6 Å². The van der Waals surface area contributed by atoms with Crippen molar-refractivity contribution in [1.82, 2.24) is 10.6 Å². The summed E-state index contributed by atoms with van der Waals surface area (Å²) in [5.41, 5.74) is 0.818. The van der Waals surface area contributed by atoms with Crippen molar-refractivity contribution in [2.45, 2.75) is 24.9 Å². The van der Waals surface area contributed by atoms with Gasteiger partial charge in [0, 0.05) is 12.1 Å². The molecule has 0 spiro atoms. The van der Waals surface area contributed by atoms with Crippen LogP contribution in [0.15, 0.2) is 18.2 Å². The Morgan fingerprint density at radius 1 is 1.31 bits per heavy atom. The van der Waals surface area contributed by atoms with E-state index >= 15 is 0 Å². The van der Waals surface area contributed by atoms with Gasteiger partial charge in [-0.2, -0.15) is 0 Å². The van der Waals surface area contributed by atoms with Crippen molar-refractivity contribution in [1.29, 1.82) is 0 Å². The Balaban J connectivity index is 2.13. The van der Waals surface area contributed by atoms with Crippen LogP contribution in [0.25, 0.3) is 0 Å². The number of piperidine rings is 1. The maximum absolute atomic E-state index is 13.1. The molecule has 2 nitrogen and oxygen atoms in total. The minimum atomic E-state index is -0.787. The number of hydrogen-bond acceptors (Lipinski definition) is 2. The van der Waals surface area contributed by atoms with Crippen molar-refractivity contribution in [2.24, 2.45) is 0 Å². The predicted molar refractivity (Wildman–Crippen MR) is 59.2 cm³/mol. The van der Waals surface area contributed by atoms with Gasteiger partial charge in [0.25, 0.3) is 0 Å². The lowest BCUT2D eigenvalue weighted by molar-refractivity contribution is 0.336. The molecule has 2 N–H and O–H groups in total. The highest BCUT2D eigenvalue weighted by Gasteiger charge is 2.22. The highest BCUT2D eigenvalue weighted by Crippen LogP contribution is 2.24. The average molecular weight is 226 g/mol. The molecule has 0 aromatic heterocycles. The molecular formula is C12H16F2N2. The second-order valence-corrected chi connectivity index (χ2v) is 4.19. The van der Waals surface area contributed by atoms with Gasteiger partial charge in [0.15, 0.2) is 11.6 Å². The van der Waals surface area contributed by atoms with Gasteiger partial charge in [-0.25, -0.2) is 8.78 Å². The van der Waals surface area contributed by atoms with E-state index in [-0.39, 0.29) is 6.04 Å². The highest BCUT2D eigenvalue weighted by molar-refractivity contribution is 5.22. The molecular weight excluding hydrogens is 210 g/mol. The zero-order chi connectivity index (χ0) is 11.5. The van der Waals surface area contributed by atoms with Crippen LogP contribution in [0.5, 0.6) is 0 Å². The van der Waals surface area contributed by atoms with Gasteiger partial charge < -0.3 is 10.6 Å². The fourth-order valence-corrected chi connectivity index (χ4v) is 2.16. The molecule has 1 aromatic carbocycles. The molecule has 4 heteroatoms. The fraction of sp³-hybridized carbons (Fsp3) is 0.500. The minimum Gasteiger partial charge on any atom is -0.317 e. The van der Waals surface area contributed by atoms with Crippen LogP contribution in [0.4, 0.5) is 8.78 Å². The van der Waals surface area contributed by atoms with E-state index in [1.165, 1.54) is 12.1 Å². The SMILES string of the molecule is CN[C@@H]1CCN[C@H](c2ccc(F)c(F)c2)C1. The first kappa shape index (κ1) is 11.5. The maximum Gasteiger partial charge on any atom is 0.159 e. The number of hydrogen-bond donors (Lipinski definition) is 2. The Morgan fingerprint density at radius 2 is 2.12 bits per heavy atom. The third kappa shape index (κ3) is 2.39. The van der Waals surface area contributed by atoms with Crippen LogP contribution in [0.1, 0.15) is 24.4 Å². The molecule has 2 rings (SSSR count). The first-order valence-corrected chi connectivity index (χ1v) is 5.56. The Bertz CT molecular complexity index is 368. The summed E-state index contributed by atoms with van der Waals surface area (Å²) in [7, 11) is 1.93. The van der Waals surface area contributed by atoms with E-state index < -0.39 is 11.6 Å². The Labute approximate surface area is 94.0 Å². The van der Waals surface area contributed by atoms with E-state index in [2.05, 4.69) is 10.6 Å². The lowest BCUT2D eigenvalue weighted by Gasteiger charge is -2.30. The van der Waals surface area contributed by atoms with Crippen molar-refractivity contribution in [2.75, 3.05) is 13.6 Å². The summed E-state index contributed by atoms with van der Waals surface area (Å²) in [5.74, 6) is -1.56. The molecule has 0 amide bonds. The van der Waals surface area contributed by atoms with Crippen molar-refractivity contribution in [3.63, 3.8) is 0 Å². The molecule has 16 heavy (non-hydrogen) atoms. The largest absolute Gasteiger partial charge is 0.317 e. The van der Waals surface area contributed by atoms with Gasteiger partial charge in [-0.1, -0.05) is 6.07 Å². The first-order valence-electron chi connectivity index (χ1n) is 5.56. The van der Waals surface area contributed by atoms with Crippen LogP contribution in [-0.2, 0) is 0 Å². The van der Waals surface area contributed by atoms with Gasteiger partial charge in [0.2, 0.25) is 0 Å². The van der Waals surface area contributed by atoms with Gasteiger partial charge in [0.1, 0.15) is 0 Å². The van der Waals surface area contributed by atoms with Crippen LogP contribution in [0.3, 0.4) is 0 Å². The molecule has 2 atom stereocenters. The molecule has 1 aliphatic rings. The summed E-state index contributed by atoms with van der Waals surface area (Å²) in [6.45, 7) is 0.898. The summed E-state index contributed by atoms with van der Waals surface area (Å²) in [6, 6.07) is 4.68. The zero-order valence-electron chi connectivity index (χ0n) is 9.26. The van der Waals surface area contributed by atoms with Gasteiger partial charge in [-0.05, 0) is 44.1 Å². The fourth-order valence-electron chi connectivity index (χ4n) is 2.16. The van der Waals surface area contributed by atoms with Gasteiger partial charge in [-0.3, -0.25) is 0 Å². The molecule has 88 valence electrons. The predicted octanol–water partition coefficient (Wildman–Crippen LogP) is 1.98. The molecule has 0 aliphatic carbocycles.